The van der Waals surface area contributed by atoms with Crippen LogP contribution in [0.25, 0.3) is 0 Å². The first kappa shape index (κ1) is 22.1. The third-order valence-corrected chi connectivity index (χ3v) is 6.50. The van der Waals surface area contributed by atoms with Crippen molar-refractivity contribution in [3.63, 3.8) is 0 Å². The summed E-state index contributed by atoms with van der Waals surface area (Å²) in [6, 6.07) is 1.17. The van der Waals surface area contributed by atoms with E-state index in [1.165, 1.54) is 17.8 Å². The van der Waals surface area contributed by atoms with Gasteiger partial charge in [0.05, 0.1) is 11.0 Å². The molecule has 0 bridgehead atoms. The zero-order valence-corrected chi connectivity index (χ0v) is 17.2. The molecule has 2 aliphatic heterocycles. The van der Waals surface area contributed by atoms with Crippen LogP contribution in [-0.2, 0) is 26.3 Å². The Morgan fingerprint density at radius 1 is 1.47 bits per heavy atom. The van der Waals surface area contributed by atoms with Crippen molar-refractivity contribution in [1.29, 1.82) is 0 Å². The fourth-order valence-corrected chi connectivity index (χ4v) is 4.69. The van der Waals surface area contributed by atoms with Gasteiger partial charge in [0.15, 0.2) is 17.7 Å². The number of rotatable bonds is 9. The lowest BCUT2D eigenvalue weighted by Gasteiger charge is -2.24. The third kappa shape index (κ3) is 4.43. The number of aliphatic carboxylic acids is 1. The molecule has 15 heteroatoms. The monoisotopic (exact) mass is 462 g/mol. The summed E-state index contributed by atoms with van der Waals surface area (Å²) in [6.07, 6.45) is 0.359. The molecule has 1 saturated heterocycles. The highest BCUT2D eigenvalue weighted by atomic mass is 32.2. The molecule has 0 spiro atoms. The number of nitro benzene ring substituents is 1. The molecule has 0 radical (unpaired) electrons. The van der Waals surface area contributed by atoms with E-state index in [-0.39, 0.29) is 30.3 Å². The van der Waals surface area contributed by atoms with Gasteiger partial charge >= 0.3 is 16.2 Å². The molecular weight excluding hydrogens is 444 g/mol. The van der Waals surface area contributed by atoms with Gasteiger partial charge in [-0.15, -0.1) is 0 Å². The highest BCUT2D eigenvalue weighted by molar-refractivity contribution is 7.98. The number of amides is 1. The molecule has 2 heterocycles. The van der Waals surface area contributed by atoms with Crippen LogP contribution >= 0.6 is 11.8 Å². The van der Waals surface area contributed by atoms with Gasteiger partial charge in [-0.05, 0) is 24.5 Å². The molecule has 2 aliphatic rings. The van der Waals surface area contributed by atoms with Crippen molar-refractivity contribution in [3.05, 3.63) is 27.8 Å². The fourth-order valence-electron chi connectivity index (χ4n) is 2.99. The summed E-state index contributed by atoms with van der Waals surface area (Å²) in [6.45, 7) is -0.710. The molecule has 30 heavy (non-hydrogen) atoms. The van der Waals surface area contributed by atoms with E-state index in [1.54, 1.807) is 11.0 Å². The zero-order chi connectivity index (χ0) is 22.1. The van der Waals surface area contributed by atoms with Gasteiger partial charge in [-0.3, -0.25) is 25.0 Å². The number of carbonyl (C=O) groups is 2. The number of carboxylic acid groups (broad SMARTS) is 1. The molecule has 0 aliphatic carbocycles. The fraction of sp³-hybridized carbons (Fsp3) is 0.467. The van der Waals surface area contributed by atoms with Crippen LogP contribution in [0.4, 0.5) is 5.69 Å². The molecule has 2 atom stereocenters. The van der Waals surface area contributed by atoms with Gasteiger partial charge in [-0.25, -0.2) is 4.72 Å². The number of hydrogen-bond acceptors (Lipinski definition) is 10. The Hall–Kier alpha value is -2.62. The van der Waals surface area contributed by atoms with Crippen molar-refractivity contribution in [3.8, 4) is 11.5 Å². The van der Waals surface area contributed by atoms with E-state index < -0.39 is 51.4 Å². The number of nitrogens with zero attached hydrogens (tertiary/aromatic N) is 2. The van der Waals surface area contributed by atoms with E-state index in [2.05, 4.69) is 5.32 Å². The molecule has 0 unspecified atom stereocenters. The number of fused-ring (bicyclic) bond motifs is 1. The quantitative estimate of drug-likeness (QED) is 0.322. The normalized spacial score (nSPS) is 20.7. The number of carbonyl (C=O) groups excluding carboxylic acids is 1. The first-order valence-corrected chi connectivity index (χ1v) is 11.4. The topological polar surface area (TPSA) is 177 Å². The minimum absolute atomic E-state index is 0.0490. The van der Waals surface area contributed by atoms with E-state index in [0.29, 0.717) is 10.1 Å². The predicted octanol–water partition coefficient (Wildman–Crippen LogP) is -0.378. The second-order valence-corrected chi connectivity index (χ2v) is 8.96. The molecule has 164 valence electrons. The number of nitro groups is 1. The van der Waals surface area contributed by atoms with Gasteiger partial charge < -0.3 is 14.6 Å². The lowest BCUT2D eigenvalue weighted by Crippen LogP contribution is -2.52. The van der Waals surface area contributed by atoms with Crippen LogP contribution < -0.4 is 19.5 Å². The molecule has 1 aromatic rings. The maximum absolute atomic E-state index is 12.4. The molecule has 1 fully saturated rings. The molecular formula is C15H18N4O9S2. The van der Waals surface area contributed by atoms with Crippen LogP contribution in [0.3, 0.4) is 0 Å². The standard InChI is InChI=1S/C15H18N4O9S2/c1-29-3-2-9(15(21)22)16-13-14(20)17-30(25,26)18(13)6-8-4-11-12(28-7-27-11)5-10(8)19(23)24/h4-5,9,13,16H,2-3,6-7H2,1H3,(H,17,20)(H,21,22)/t9-,13+/m0/s1. The highest BCUT2D eigenvalue weighted by Gasteiger charge is 2.46. The lowest BCUT2D eigenvalue weighted by atomic mass is 10.1. The summed E-state index contributed by atoms with van der Waals surface area (Å²) in [5, 5.41) is 23.4. The maximum atomic E-state index is 12.4. The Balaban J connectivity index is 1.93. The number of nitrogens with one attached hydrogen (secondary N) is 2. The van der Waals surface area contributed by atoms with Crippen LogP contribution in [0.15, 0.2) is 12.1 Å². The Labute approximate surface area is 175 Å². The summed E-state index contributed by atoms with van der Waals surface area (Å²) >= 11 is 1.39. The Morgan fingerprint density at radius 2 is 2.13 bits per heavy atom. The second-order valence-electron chi connectivity index (χ2n) is 6.35. The zero-order valence-electron chi connectivity index (χ0n) is 15.6. The molecule has 1 aromatic carbocycles. The molecule has 3 rings (SSSR count). The number of ether oxygens (including phenoxy) is 2. The Kier molecular flexibility index (Phi) is 6.35. The summed E-state index contributed by atoms with van der Waals surface area (Å²) in [4.78, 5) is 34.5. The van der Waals surface area contributed by atoms with Gasteiger partial charge in [0, 0.05) is 12.1 Å². The van der Waals surface area contributed by atoms with E-state index in [1.807, 2.05) is 0 Å². The van der Waals surface area contributed by atoms with E-state index in [4.69, 9.17) is 9.47 Å². The predicted molar refractivity (Wildman–Crippen MR) is 103 cm³/mol. The van der Waals surface area contributed by atoms with Crippen molar-refractivity contribution >= 4 is 39.5 Å². The highest BCUT2D eigenvalue weighted by Crippen LogP contribution is 2.39. The number of thioether (sulfide) groups is 1. The van der Waals surface area contributed by atoms with Gasteiger partial charge in [0.2, 0.25) is 6.79 Å². The average molecular weight is 462 g/mol. The van der Waals surface area contributed by atoms with E-state index in [0.717, 1.165) is 6.07 Å². The van der Waals surface area contributed by atoms with Crippen molar-refractivity contribution in [1.82, 2.24) is 14.3 Å². The number of benzene rings is 1. The molecule has 0 saturated carbocycles. The first-order chi connectivity index (χ1) is 14.1. The number of hydrogen-bond donors (Lipinski definition) is 3. The van der Waals surface area contributed by atoms with Crippen molar-refractivity contribution in [2.45, 2.75) is 25.2 Å². The maximum Gasteiger partial charge on any atom is 0.320 e. The van der Waals surface area contributed by atoms with Crippen LogP contribution in [0.2, 0.25) is 0 Å². The average Bonchev–Trinajstić information content (AvgIpc) is 3.20. The van der Waals surface area contributed by atoms with Crippen LogP contribution in [0, 0.1) is 10.1 Å². The lowest BCUT2D eigenvalue weighted by molar-refractivity contribution is -0.385. The van der Waals surface area contributed by atoms with Crippen molar-refractivity contribution < 1.29 is 37.5 Å². The van der Waals surface area contributed by atoms with Crippen LogP contribution in [-0.4, -0.2) is 65.6 Å². The third-order valence-electron chi connectivity index (χ3n) is 4.44. The number of carboxylic acids is 1. The SMILES string of the molecule is CSCC[C@H](N[C@H]1C(=O)NS(=O)(=O)N1Cc1cc2c(cc1[N+](=O)[O-])OCO2)C(=O)O. The van der Waals surface area contributed by atoms with Crippen molar-refractivity contribution in [2.24, 2.45) is 0 Å². The first-order valence-electron chi connectivity index (χ1n) is 8.52. The summed E-state index contributed by atoms with van der Waals surface area (Å²) < 4.78 is 37.6. The van der Waals surface area contributed by atoms with Gasteiger partial charge in [-0.1, -0.05) is 0 Å². The summed E-state index contributed by atoms with van der Waals surface area (Å²) in [7, 11) is -4.35. The van der Waals surface area contributed by atoms with Gasteiger partial charge in [0.1, 0.15) is 6.04 Å². The van der Waals surface area contributed by atoms with Gasteiger partial charge in [-0.2, -0.15) is 24.5 Å². The summed E-state index contributed by atoms with van der Waals surface area (Å²) in [5.74, 6) is -1.44. The second kappa shape index (κ2) is 8.63. The minimum atomic E-state index is -4.35. The molecule has 1 amide bonds. The van der Waals surface area contributed by atoms with E-state index >= 15 is 0 Å². The van der Waals surface area contributed by atoms with Gasteiger partial charge in [0.25, 0.3) is 11.6 Å². The molecule has 3 N–H and O–H groups in total. The molecule has 0 aromatic heterocycles. The van der Waals surface area contributed by atoms with Crippen LogP contribution in [0.5, 0.6) is 11.5 Å². The smallest absolute Gasteiger partial charge is 0.320 e. The Bertz CT molecular complexity index is 985. The van der Waals surface area contributed by atoms with Crippen LogP contribution in [0.1, 0.15) is 12.0 Å². The minimum Gasteiger partial charge on any atom is -0.480 e. The van der Waals surface area contributed by atoms with Crippen molar-refractivity contribution in [2.75, 3.05) is 18.8 Å². The largest absolute Gasteiger partial charge is 0.480 e. The molecule has 13 nitrogen and oxygen atoms in total. The Morgan fingerprint density at radius 3 is 2.73 bits per heavy atom. The summed E-state index contributed by atoms with van der Waals surface area (Å²) in [5.41, 5.74) is -0.475. The van der Waals surface area contributed by atoms with E-state index in [9.17, 15) is 33.2 Å².